The van der Waals surface area contributed by atoms with Crippen LogP contribution in [0.15, 0.2) is 18.7 Å². The summed E-state index contributed by atoms with van der Waals surface area (Å²) in [5.74, 6) is -1.10. The minimum Gasteiger partial charge on any atom is -0.481 e. The Bertz CT molecular complexity index is 696. The molecule has 3 heterocycles. The summed E-state index contributed by atoms with van der Waals surface area (Å²) in [7, 11) is -3.36. The van der Waals surface area contributed by atoms with Crippen LogP contribution in [0.3, 0.4) is 0 Å². The Morgan fingerprint density at radius 2 is 2.04 bits per heavy atom. The smallest absolute Gasteiger partial charge is 0.312 e. The van der Waals surface area contributed by atoms with Crippen LogP contribution in [0, 0.1) is 11.3 Å². The Morgan fingerprint density at radius 3 is 2.61 bits per heavy atom. The topological polar surface area (TPSA) is 104 Å². The van der Waals surface area contributed by atoms with E-state index in [-0.39, 0.29) is 24.8 Å². The first-order valence-corrected chi connectivity index (χ1v) is 9.16. The zero-order valence-corrected chi connectivity index (χ0v) is 13.7. The number of carboxylic acids is 1. The summed E-state index contributed by atoms with van der Waals surface area (Å²) < 4.78 is 25.5. The third kappa shape index (κ3) is 2.84. The van der Waals surface area contributed by atoms with Crippen molar-refractivity contribution in [3.05, 3.63) is 24.3 Å². The van der Waals surface area contributed by atoms with E-state index in [0.29, 0.717) is 19.6 Å². The molecule has 0 amide bonds. The highest BCUT2D eigenvalue weighted by Gasteiger charge is 2.59. The predicted molar refractivity (Wildman–Crippen MR) is 81.9 cm³/mol. The van der Waals surface area contributed by atoms with Gasteiger partial charge in [-0.05, 0) is 6.92 Å². The lowest BCUT2D eigenvalue weighted by Crippen LogP contribution is -2.42. The van der Waals surface area contributed by atoms with Crippen molar-refractivity contribution in [1.82, 2.24) is 19.2 Å². The van der Waals surface area contributed by atoms with Crippen molar-refractivity contribution in [2.45, 2.75) is 13.5 Å². The number of likely N-dealkylation sites (tertiary alicyclic amines) is 1. The third-order valence-corrected chi connectivity index (χ3v) is 6.65. The van der Waals surface area contributed by atoms with Crippen LogP contribution in [0.4, 0.5) is 0 Å². The summed E-state index contributed by atoms with van der Waals surface area (Å²) in [6.07, 6.45) is 4.87. The van der Waals surface area contributed by atoms with E-state index in [9.17, 15) is 18.3 Å². The van der Waals surface area contributed by atoms with Crippen LogP contribution >= 0.6 is 0 Å². The fourth-order valence-electron chi connectivity index (χ4n) is 3.61. The Morgan fingerprint density at radius 1 is 1.35 bits per heavy atom. The lowest BCUT2D eigenvalue weighted by atomic mass is 9.81. The Kier molecular flexibility index (Phi) is 4.11. The van der Waals surface area contributed by atoms with E-state index in [0.717, 1.165) is 5.56 Å². The molecule has 2 fully saturated rings. The summed E-state index contributed by atoms with van der Waals surface area (Å²) in [5, 5.41) is 9.74. The number of carbonyl (C=O) groups is 1. The summed E-state index contributed by atoms with van der Waals surface area (Å²) >= 11 is 0. The summed E-state index contributed by atoms with van der Waals surface area (Å²) in [6.45, 7) is 3.41. The average molecular weight is 340 g/mol. The quantitative estimate of drug-likeness (QED) is 0.781. The van der Waals surface area contributed by atoms with Crippen molar-refractivity contribution in [1.29, 1.82) is 0 Å². The minimum atomic E-state index is -3.36. The van der Waals surface area contributed by atoms with Crippen LogP contribution in [0.25, 0.3) is 0 Å². The van der Waals surface area contributed by atoms with Crippen molar-refractivity contribution in [3.8, 4) is 0 Å². The molecular formula is C14H20N4O4S. The number of sulfonamides is 1. The molecule has 2 aliphatic heterocycles. The number of hydrogen-bond donors (Lipinski definition) is 1. The molecule has 0 aromatic carbocycles. The highest BCUT2D eigenvalue weighted by molar-refractivity contribution is 7.89. The number of aliphatic carboxylic acids is 1. The Labute approximate surface area is 135 Å². The molecule has 8 nitrogen and oxygen atoms in total. The molecule has 0 radical (unpaired) electrons. The fourth-order valence-corrected chi connectivity index (χ4v) is 4.81. The minimum absolute atomic E-state index is 0.000484. The lowest BCUT2D eigenvalue weighted by Gasteiger charge is -2.25. The highest BCUT2D eigenvalue weighted by atomic mass is 32.2. The molecule has 126 valence electrons. The van der Waals surface area contributed by atoms with Crippen LogP contribution in [0.2, 0.25) is 0 Å². The SMILES string of the molecule is CCS(=O)(=O)N1C[C@@H]2CN(Cc3cncnc3)C[C@]2(C(=O)O)C1. The van der Waals surface area contributed by atoms with E-state index in [2.05, 4.69) is 9.97 Å². The maximum atomic E-state index is 12.1. The van der Waals surface area contributed by atoms with Gasteiger partial charge >= 0.3 is 5.97 Å². The van der Waals surface area contributed by atoms with Gasteiger partial charge in [0.15, 0.2) is 0 Å². The molecule has 3 rings (SSSR count). The second kappa shape index (κ2) is 5.81. The zero-order valence-electron chi connectivity index (χ0n) is 12.9. The Hall–Kier alpha value is -1.58. The second-order valence-corrected chi connectivity index (χ2v) is 8.53. The number of carboxylic acid groups (broad SMARTS) is 1. The van der Waals surface area contributed by atoms with Crippen molar-refractivity contribution < 1.29 is 18.3 Å². The monoisotopic (exact) mass is 340 g/mol. The molecule has 23 heavy (non-hydrogen) atoms. The van der Waals surface area contributed by atoms with Gasteiger partial charge in [0.2, 0.25) is 10.0 Å². The van der Waals surface area contributed by atoms with Crippen molar-refractivity contribution in [3.63, 3.8) is 0 Å². The van der Waals surface area contributed by atoms with E-state index in [1.807, 2.05) is 4.90 Å². The van der Waals surface area contributed by atoms with Crippen molar-refractivity contribution >= 4 is 16.0 Å². The van der Waals surface area contributed by atoms with Gasteiger partial charge in [0, 0.05) is 56.6 Å². The largest absolute Gasteiger partial charge is 0.481 e. The molecule has 2 saturated heterocycles. The van der Waals surface area contributed by atoms with Crippen LogP contribution < -0.4 is 0 Å². The van der Waals surface area contributed by atoms with Crippen molar-refractivity contribution in [2.24, 2.45) is 11.3 Å². The number of rotatable bonds is 5. The Balaban J connectivity index is 1.78. The van der Waals surface area contributed by atoms with Gasteiger partial charge in [0.25, 0.3) is 0 Å². The average Bonchev–Trinajstić information content (AvgIpc) is 3.03. The molecule has 0 saturated carbocycles. The van der Waals surface area contributed by atoms with E-state index in [1.165, 1.54) is 10.6 Å². The predicted octanol–water partition coefficient (Wildman–Crippen LogP) is -0.355. The van der Waals surface area contributed by atoms with Gasteiger partial charge in [-0.15, -0.1) is 0 Å². The molecule has 0 spiro atoms. The van der Waals surface area contributed by atoms with E-state index < -0.39 is 21.4 Å². The molecule has 9 heteroatoms. The van der Waals surface area contributed by atoms with E-state index >= 15 is 0 Å². The number of fused-ring (bicyclic) bond motifs is 1. The first-order valence-electron chi connectivity index (χ1n) is 7.55. The maximum absolute atomic E-state index is 12.1. The highest BCUT2D eigenvalue weighted by Crippen LogP contribution is 2.44. The van der Waals surface area contributed by atoms with E-state index in [1.54, 1.807) is 19.3 Å². The molecule has 0 bridgehead atoms. The second-order valence-electron chi connectivity index (χ2n) is 6.27. The number of hydrogen-bond acceptors (Lipinski definition) is 6. The molecule has 2 atom stereocenters. The standard InChI is InChI=1S/C14H20N4O4S/c1-2-23(21,22)18-7-12-6-17(5-11-3-15-10-16-4-11)8-14(12,9-18)13(19)20/h3-4,10,12H,2,5-9H2,1H3,(H,19,20)/t12-,14-/m0/s1. The van der Waals surface area contributed by atoms with Gasteiger partial charge in [0.1, 0.15) is 6.33 Å². The summed E-state index contributed by atoms with van der Waals surface area (Å²) in [6, 6.07) is 0. The van der Waals surface area contributed by atoms with Gasteiger partial charge in [0.05, 0.1) is 11.2 Å². The van der Waals surface area contributed by atoms with E-state index in [4.69, 9.17) is 0 Å². The van der Waals surface area contributed by atoms with Gasteiger partial charge < -0.3 is 5.11 Å². The summed E-state index contributed by atoms with van der Waals surface area (Å²) in [4.78, 5) is 21.9. The molecule has 0 unspecified atom stereocenters. The zero-order chi connectivity index (χ0) is 16.7. The lowest BCUT2D eigenvalue weighted by molar-refractivity contribution is -0.148. The third-order valence-electron chi connectivity index (χ3n) is 4.85. The molecular weight excluding hydrogens is 320 g/mol. The van der Waals surface area contributed by atoms with Gasteiger partial charge in [-0.2, -0.15) is 0 Å². The fraction of sp³-hybridized carbons (Fsp3) is 0.643. The van der Waals surface area contributed by atoms with Gasteiger partial charge in [-0.25, -0.2) is 22.7 Å². The van der Waals surface area contributed by atoms with Crippen LogP contribution in [0.5, 0.6) is 0 Å². The number of aromatic nitrogens is 2. The van der Waals surface area contributed by atoms with Gasteiger partial charge in [-0.3, -0.25) is 9.69 Å². The first-order chi connectivity index (χ1) is 10.9. The molecule has 1 N–H and O–H groups in total. The first kappa shape index (κ1) is 16.3. The number of nitrogens with zero attached hydrogens (tertiary/aromatic N) is 4. The summed E-state index contributed by atoms with van der Waals surface area (Å²) in [5.41, 5.74) is -0.0937. The molecule has 1 aromatic rings. The normalized spacial score (nSPS) is 28.8. The van der Waals surface area contributed by atoms with Crippen LogP contribution in [-0.2, 0) is 21.4 Å². The van der Waals surface area contributed by atoms with Crippen molar-refractivity contribution in [2.75, 3.05) is 31.9 Å². The van der Waals surface area contributed by atoms with Gasteiger partial charge in [-0.1, -0.05) is 0 Å². The van der Waals surface area contributed by atoms with Crippen LogP contribution in [-0.4, -0.2) is 70.6 Å². The molecule has 2 aliphatic rings. The molecule has 0 aliphatic carbocycles. The maximum Gasteiger partial charge on any atom is 0.312 e. The molecule has 1 aromatic heterocycles. The van der Waals surface area contributed by atoms with Crippen LogP contribution in [0.1, 0.15) is 12.5 Å².